The summed E-state index contributed by atoms with van der Waals surface area (Å²) >= 11 is 1.53. The lowest BCUT2D eigenvalue weighted by molar-refractivity contribution is 0.270. The Labute approximate surface area is 151 Å². The van der Waals surface area contributed by atoms with Gasteiger partial charge in [-0.15, -0.1) is 11.3 Å². The standard InChI is InChI=1S/C19H21FN4S/c1-19(2,3)16(13-5-7-14(20)8-6-13)23-11-15-12-25-18(24-15)17-21-9-4-10-22-17/h4-10,12,16,23H,11H2,1-3H3. The highest BCUT2D eigenvalue weighted by Crippen LogP contribution is 2.33. The number of thiazole rings is 1. The highest BCUT2D eigenvalue weighted by Gasteiger charge is 2.26. The summed E-state index contributed by atoms with van der Waals surface area (Å²) in [4.78, 5) is 13.1. The van der Waals surface area contributed by atoms with Gasteiger partial charge in [0, 0.05) is 30.4 Å². The normalized spacial score (nSPS) is 13.0. The molecule has 130 valence electrons. The lowest BCUT2D eigenvalue weighted by Gasteiger charge is -2.32. The molecule has 0 saturated heterocycles. The zero-order valence-electron chi connectivity index (χ0n) is 14.5. The van der Waals surface area contributed by atoms with Gasteiger partial charge < -0.3 is 5.32 Å². The molecule has 1 N–H and O–H groups in total. The summed E-state index contributed by atoms with van der Waals surface area (Å²) in [5.41, 5.74) is 2.00. The molecule has 0 saturated carbocycles. The molecule has 3 rings (SSSR count). The van der Waals surface area contributed by atoms with E-state index in [1.165, 1.54) is 23.5 Å². The lowest BCUT2D eigenvalue weighted by Crippen LogP contribution is -2.32. The van der Waals surface area contributed by atoms with Crippen LogP contribution in [0.25, 0.3) is 10.8 Å². The van der Waals surface area contributed by atoms with Crippen molar-refractivity contribution in [3.8, 4) is 10.8 Å². The lowest BCUT2D eigenvalue weighted by atomic mass is 9.82. The minimum absolute atomic E-state index is 0.0147. The summed E-state index contributed by atoms with van der Waals surface area (Å²) in [5.74, 6) is 0.424. The molecule has 0 radical (unpaired) electrons. The number of aromatic nitrogens is 3. The number of benzene rings is 1. The van der Waals surface area contributed by atoms with Crippen LogP contribution in [0.3, 0.4) is 0 Å². The van der Waals surface area contributed by atoms with Gasteiger partial charge in [0.1, 0.15) is 5.82 Å². The van der Waals surface area contributed by atoms with Gasteiger partial charge in [0.2, 0.25) is 0 Å². The van der Waals surface area contributed by atoms with Crippen LogP contribution in [-0.2, 0) is 6.54 Å². The van der Waals surface area contributed by atoms with Gasteiger partial charge in [-0.2, -0.15) is 0 Å². The van der Waals surface area contributed by atoms with Crippen LogP contribution in [0.5, 0.6) is 0 Å². The average molecular weight is 356 g/mol. The molecule has 0 fully saturated rings. The smallest absolute Gasteiger partial charge is 0.188 e. The van der Waals surface area contributed by atoms with E-state index in [0.29, 0.717) is 12.4 Å². The molecule has 2 heterocycles. The van der Waals surface area contributed by atoms with E-state index in [0.717, 1.165) is 16.3 Å². The van der Waals surface area contributed by atoms with Crippen molar-refractivity contribution in [1.82, 2.24) is 20.3 Å². The summed E-state index contributed by atoms with van der Waals surface area (Å²) in [6.07, 6.45) is 3.43. The molecule has 1 unspecified atom stereocenters. The van der Waals surface area contributed by atoms with E-state index >= 15 is 0 Å². The highest BCUT2D eigenvalue weighted by atomic mass is 32.1. The fraction of sp³-hybridized carbons (Fsp3) is 0.316. The fourth-order valence-corrected chi connectivity index (χ4v) is 3.45. The molecule has 0 aliphatic heterocycles. The first-order valence-corrected chi connectivity index (χ1v) is 9.02. The quantitative estimate of drug-likeness (QED) is 0.725. The summed E-state index contributed by atoms with van der Waals surface area (Å²) in [6.45, 7) is 7.12. The topological polar surface area (TPSA) is 50.7 Å². The predicted molar refractivity (Wildman–Crippen MR) is 98.6 cm³/mol. The first-order chi connectivity index (χ1) is 11.9. The average Bonchev–Trinajstić information content (AvgIpc) is 3.05. The molecular weight excluding hydrogens is 335 g/mol. The molecule has 0 spiro atoms. The maximum atomic E-state index is 13.2. The van der Waals surface area contributed by atoms with Crippen molar-refractivity contribution in [3.05, 3.63) is 65.2 Å². The van der Waals surface area contributed by atoms with E-state index < -0.39 is 0 Å². The van der Waals surface area contributed by atoms with E-state index in [1.54, 1.807) is 18.5 Å². The van der Waals surface area contributed by atoms with Gasteiger partial charge in [0.25, 0.3) is 0 Å². The molecule has 0 aliphatic rings. The van der Waals surface area contributed by atoms with Crippen molar-refractivity contribution in [2.45, 2.75) is 33.4 Å². The summed E-state index contributed by atoms with van der Waals surface area (Å²) in [7, 11) is 0. The number of nitrogens with zero attached hydrogens (tertiary/aromatic N) is 3. The Morgan fingerprint density at radius 1 is 1.12 bits per heavy atom. The van der Waals surface area contributed by atoms with Crippen LogP contribution in [0.4, 0.5) is 4.39 Å². The Kier molecular flexibility index (Phi) is 5.20. The van der Waals surface area contributed by atoms with Crippen molar-refractivity contribution in [2.75, 3.05) is 0 Å². The van der Waals surface area contributed by atoms with Gasteiger partial charge in [-0.3, -0.25) is 0 Å². The van der Waals surface area contributed by atoms with E-state index in [9.17, 15) is 4.39 Å². The van der Waals surface area contributed by atoms with E-state index in [2.05, 4.69) is 41.0 Å². The zero-order chi connectivity index (χ0) is 17.9. The Morgan fingerprint density at radius 2 is 1.80 bits per heavy atom. The molecule has 0 amide bonds. The van der Waals surface area contributed by atoms with Crippen molar-refractivity contribution in [2.24, 2.45) is 5.41 Å². The maximum absolute atomic E-state index is 13.2. The zero-order valence-corrected chi connectivity index (χ0v) is 15.3. The van der Waals surface area contributed by atoms with E-state index in [4.69, 9.17) is 0 Å². The molecular formula is C19H21FN4S. The highest BCUT2D eigenvalue weighted by molar-refractivity contribution is 7.13. The van der Waals surface area contributed by atoms with Gasteiger partial charge in [0.15, 0.2) is 10.8 Å². The number of hydrogen-bond acceptors (Lipinski definition) is 5. The first kappa shape index (κ1) is 17.6. The molecule has 0 bridgehead atoms. The number of halogens is 1. The fourth-order valence-electron chi connectivity index (χ4n) is 2.69. The van der Waals surface area contributed by atoms with E-state index in [-0.39, 0.29) is 17.3 Å². The second-order valence-corrected chi connectivity index (χ2v) is 7.81. The summed E-state index contributed by atoms with van der Waals surface area (Å²) in [5, 5.41) is 6.39. The third-order valence-corrected chi connectivity index (χ3v) is 4.75. The van der Waals surface area contributed by atoms with Crippen LogP contribution in [0, 0.1) is 11.2 Å². The molecule has 4 nitrogen and oxygen atoms in total. The molecule has 1 aromatic carbocycles. The second kappa shape index (κ2) is 7.37. The van der Waals surface area contributed by atoms with Gasteiger partial charge in [-0.1, -0.05) is 32.9 Å². The minimum Gasteiger partial charge on any atom is -0.304 e. The van der Waals surface area contributed by atoms with Gasteiger partial charge >= 0.3 is 0 Å². The minimum atomic E-state index is -0.219. The van der Waals surface area contributed by atoms with Crippen LogP contribution in [0.15, 0.2) is 48.1 Å². The van der Waals surface area contributed by atoms with Crippen molar-refractivity contribution < 1.29 is 4.39 Å². The number of hydrogen-bond donors (Lipinski definition) is 1. The van der Waals surface area contributed by atoms with E-state index in [1.807, 2.05) is 17.5 Å². The van der Waals surface area contributed by atoms with Crippen LogP contribution < -0.4 is 5.32 Å². The molecule has 0 aliphatic carbocycles. The number of rotatable bonds is 5. The molecule has 3 aromatic rings. The third kappa shape index (κ3) is 4.46. The largest absolute Gasteiger partial charge is 0.304 e. The Balaban J connectivity index is 1.74. The Bertz CT molecular complexity index is 809. The van der Waals surface area contributed by atoms with Crippen LogP contribution in [0.1, 0.15) is 38.1 Å². The molecule has 1 atom stereocenters. The Hall–Kier alpha value is -2.18. The maximum Gasteiger partial charge on any atom is 0.188 e. The Morgan fingerprint density at radius 3 is 2.44 bits per heavy atom. The second-order valence-electron chi connectivity index (χ2n) is 6.95. The van der Waals surface area contributed by atoms with Crippen molar-refractivity contribution >= 4 is 11.3 Å². The van der Waals surface area contributed by atoms with Crippen molar-refractivity contribution in [1.29, 1.82) is 0 Å². The first-order valence-electron chi connectivity index (χ1n) is 8.14. The number of nitrogens with one attached hydrogen (secondary N) is 1. The van der Waals surface area contributed by atoms with Gasteiger partial charge in [-0.25, -0.2) is 19.3 Å². The summed E-state index contributed by atoms with van der Waals surface area (Å²) < 4.78 is 13.2. The molecule has 6 heteroatoms. The monoisotopic (exact) mass is 356 g/mol. The van der Waals surface area contributed by atoms with Crippen LogP contribution >= 0.6 is 11.3 Å². The predicted octanol–water partition coefficient (Wildman–Crippen LogP) is 4.62. The van der Waals surface area contributed by atoms with Crippen LogP contribution in [0.2, 0.25) is 0 Å². The SMILES string of the molecule is CC(C)(C)C(NCc1csc(-c2ncccn2)n1)c1ccc(F)cc1. The molecule has 2 aromatic heterocycles. The third-order valence-electron chi connectivity index (χ3n) is 3.87. The van der Waals surface area contributed by atoms with Crippen LogP contribution in [-0.4, -0.2) is 15.0 Å². The van der Waals surface area contributed by atoms with Crippen molar-refractivity contribution in [3.63, 3.8) is 0 Å². The molecule has 25 heavy (non-hydrogen) atoms. The van der Waals surface area contributed by atoms with Gasteiger partial charge in [0.05, 0.1) is 5.69 Å². The summed E-state index contributed by atoms with van der Waals surface area (Å²) in [6, 6.07) is 8.56. The van der Waals surface area contributed by atoms with Gasteiger partial charge in [-0.05, 0) is 29.2 Å².